The quantitative estimate of drug-likeness (QED) is 0.243. The highest BCUT2D eigenvalue weighted by molar-refractivity contribution is 5.85. The lowest BCUT2D eigenvalue weighted by molar-refractivity contribution is 1.03. The highest BCUT2D eigenvalue weighted by atomic mass is 15.1. The monoisotopic (exact) mass is 385 g/mol. The topological polar surface area (TPSA) is 116 Å². The maximum Gasteiger partial charge on any atom is 0.224 e. The lowest BCUT2D eigenvalue weighted by Crippen LogP contribution is -2.07. The van der Waals surface area contributed by atoms with E-state index in [1.165, 1.54) is 17.2 Å². The zero-order chi connectivity index (χ0) is 20.2. The maximum atomic E-state index is 7.41. The van der Waals surface area contributed by atoms with Crippen LogP contribution in [0.3, 0.4) is 0 Å². The number of H-pyrrole nitrogens is 1. The number of anilines is 3. The molecule has 0 saturated carbocycles. The molecule has 2 aromatic heterocycles. The molecule has 2 aromatic carbocycles. The van der Waals surface area contributed by atoms with Gasteiger partial charge in [-0.15, -0.1) is 0 Å². The summed E-state index contributed by atoms with van der Waals surface area (Å²) in [5.41, 5.74) is 11.6. The van der Waals surface area contributed by atoms with Crippen molar-refractivity contribution in [3.63, 3.8) is 0 Å². The summed E-state index contributed by atoms with van der Waals surface area (Å²) in [5, 5.41) is 15.2. The number of fused-ring (bicyclic) bond motifs is 1. The van der Waals surface area contributed by atoms with E-state index in [2.05, 4.69) is 56.8 Å². The van der Waals surface area contributed by atoms with Crippen LogP contribution in [-0.2, 0) is 13.1 Å². The van der Waals surface area contributed by atoms with Gasteiger partial charge in [0.15, 0.2) is 0 Å². The number of nitrogens with zero attached hydrogens (tertiary/aromatic N) is 2. The Morgan fingerprint density at radius 1 is 1.03 bits per heavy atom. The Labute approximate surface area is 168 Å². The third-order valence-electron chi connectivity index (χ3n) is 4.71. The number of aromatic nitrogens is 3. The summed E-state index contributed by atoms with van der Waals surface area (Å²) in [7, 11) is 0. The van der Waals surface area contributed by atoms with Gasteiger partial charge in [-0.25, -0.2) is 4.98 Å². The van der Waals surface area contributed by atoms with Gasteiger partial charge in [-0.1, -0.05) is 12.1 Å². The molecule has 0 spiro atoms. The Morgan fingerprint density at radius 3 is 2.69 bits per heavy atom. The van der Waals surface area contributed by atoms with Crippen molar-refractivity contribution in [2.45, 2.75) is 20.0 Å². The summed E-state index contributed by atoms with van der Waals surface area (Å²) in [6, 6.07) is 16.0. The van der Waals surface area contributed by atoms with Crippen LogP contribution in [0.25, 0.3) is 10.9 Å². The SMILES string of the molecule is Cc1cc2cc(CNc3ccnc(NCc4ccc(N)c(C=N)c4)n3)ccc2[nH]1. The smallest absolute Gasteiger partial charge is 0.224 e. The molecule has 0 aliphatic heterocycles. The maximum absolute atomic E-state index is 7.41. The number of nitrogens with two attached hydrogens (primary N) is 1. The molecule has 0 amide bonds. The first-order chi connectivity index (χ1) is 14.1. The number of benzene rings is 2. The zero-order valence-corrected chi connectivity index (χ0v) is 16.2. The van der Waals surface area contributed by atoms with Gasteiger partial charge in [0.25, 0.3) is 0 Å². The van der Waals surface area contributed by atoms with Crippen molar-refractivity contribution in [1.82, 2.24) is 15.0 Å². The Kier molecular flexibility index (Phi) is 5.11. The predicted molar refractivity (Wildman–Crippen MR) is 118 cm³/mol. The highest BCUT2D eigenvalue weighted by Gasteiger charge is 2.03. The molecule has 7 heteroatoms. The lowest BCUT2D eigenvalue weighted by Gasteiger charge is -2.10. The van der Waals surface area contributed by atoms with Gasteiger partial charge in [-0.2, -0.15) is 4.98 Å². The van der Waals surface area contributed by atoms with Gasteiger partial charge in [-0.05, 0) is 59.8 Å². The Balaban J connectivity index is 1.39. The van der Waals surface area contributed by atoms with E-state index in [1.807, 2.05) is 18.2 Å². The molecule has 0 aliphatic rings. The van der Waals surface area contributed by atoms with E-state index in [0.717, 1.165) is 22.6 Å². The molecular weight excluding hydrogens is 362 g/mol. The average Bonchev–Trinajstić information content (AvgIpc) is 3.11. The minimum Gasteiger partial charge on any atom is -0.398 e. The van der Waals surface area contributed by atoms with Gasteiger partial charge < -0.3 is 26.8 Å². The number of aromatic amines is 1. The molecule has 0 aliphatic carbocycles. The predicted octanol–water partition coefficient (Wildman–Crippen LogP) is 4.07. The van der Waals surface area contributed by atoms with E-state index in [0.29, 0.717) is 30.3 Å². The second kappa shape index (κ2) is 8.02. The molecule has 0 unspecified atom stereocenters. The number of rotatable bonds is 7. The molecule has 7 nitrogen and oxygen atoms in total. The Hall–Kier alpha value is -3.87. The second-order valence-corrected chi connectivity index (χ2v) is 6.95. The van der Waals surface area contributed by atoms with Crippen molar-refractivity contribution in [2.24, 2.45) is 0 Å². The molecule has 0 radical (unpaired) electrons. The van der Waals surface area contributed by atoms with Crippen molar-refractivity contribution in [1.29, 1.82) is 5.41 Å². The Bertz CT molecular complexity index is 1160. The van der Waals surface area contributed by atoms with Crippen LogP contribution in [0.4, 0.5) is 17.5 Å². The molecule has 146 valence electrons. The van der Waals surface area contributed by atoms with Crippen LogP contribution in [0.15, 0.2) is 54.7 Å². The van der Waals surface area contributed by atoms with Gasteiger partial charge in [-0.3, -0.25) is 0 Å². The van der Waals surface area contributed by atoms with Gasteiger partial charge in [0, 0.05) is 48.0 Å². The third kappa shape index (κ3) is 4.35. The van der Waals surface area contributed by atoms with E-state index in [1.54, 1.807) is 12.3 Å². The van der Waals surface area contributed by atoms with Crippen molar-refractivity contribution in [3.05, 3.63) is 77.1 Å². The van der Waals surface area contributed by atoms with Crippen molar-refractivity contribution in [2.75, 3.05) is 16.4 Å². The van der Waals surface area contributed by atoms with Gasteiger partial charge >= 0.3 is 0 Å². The van der Waals surface area contributed by atoms with E-state index < -0.39 is 0 Å². The van der Waals surface area contributed by atoms with Gasteiger partial charge in [0.1, 0.15) is 5.82 Å². The Morgan fingerprint density at radius 2 is 1.83 bits per heavy atom. The molecular formula is C22H23N7. The average molecular weight is 385 g/mol. The largest absolute Gasteiger partial charge is 0.398 e. The van der Waals surface area contributed by atoms with E-state index in [-0.39, 0.29) is 0 Å². The van der Waals surface area contributed by atoms with Crippen LogP contribution in [0.5, 0.6) is 0 Å². The fourth-order valence-corrected chi connectivity index (χ4v) is 3.21. The molecule has 2 heterocycles. The second-order valence-electron chi connectivity index (χ2n) is 6.95. The van der Waals surface area contributed by atoms with E-state index >= 15 is 0 Å². The van der Waals surface area contributed by atoms with Crippen LogP contribution < -0.4 is 16.4 Å². The summed E-state index contributed by atoms with van der Waals surface area (Å²) < 4.78 is 0. The van der Waals surface area contributed by atoms with Crippen LogP contribution >= 0.6 is 0 Å². The molecule has 4 rings (SSSR count). The summed E-state index contributed by atoms with van der Waals surface area (Å²) in [6.07, 6.45) is 2.98. The number of hydrogen-bond donors (Lipinski definition) is 5. The van der Waals surface area contributed by atoms with E-state index in [9.17, 15) is 0 Å². The van der Waals surface area contributed by atoms with Crippen molar-refractivity contribution < 1.29 is 0 Å². The summed E-state index contributed by atoms with van der Waals surface area (Å²) in [4.78, 5) is 12.1. The third-order valence-corrected chi connectivity index (χ3v) is 4.71. The molecule has 0 saturated heterocycles. The van der Waals surface area contributed by atoms with E-state index in [4.69, 9.17) is 11.1 Å². The fraction of sp³-hybridized carbons (Fsp3) is 0.136. The molecule has 0 atom stereocenters. The van der Waals surface area contributed by atoms with Crippen LogP contribution in [-0.4, -0.2) is 21.2 Å². The number of nitrogen functional groups attached to an aromatic ring is 1. The summed E-state index contributed by atoms with van der Waals surface area (Å²) in [6.45, 7) is 3.29. The van der Waals surface area contributed by atoms with Crippen LogP contribution in [0.1, 0.15) is 22.4 Å². The zero-order valence-electron chi connectivity index (χ0n) is 16.2. The molecule has 0 bridgehead atoms. The number of nitrogens with one attached hydrogen (secondary N) is 4. The fourth-order valence-electron chi connectivity index (χ4n) is 3.21. The van der Waals surface area contributed by atoms with Gasteiger partial charge in [0.2, 0.25) is 5.95 Å². The molecule has 29 heavy (non-hydrogen) atoms. The van der Waals surface area contributed by atoms with Crippen molar-refractivity contribution in [3.8, 4) is 0 Å². The van der Waals surface area contributed by atoms with Gasteiger partial charge in [0.05, 0.1) is 0 Å². The normalized spacial score (nSPS) is 10.8. The van der Waals surface area contributed by atoms with Crippen LogP contribution in [0, 0.1) is 12.3 Å². The summed E-state index contributed by atoms with van der Waals surface area (Å²) in [5.74, 6) is 1.30. The number of aryl methyl sites for hydroxylation is 1. The first-order valence-corrected chi connectivity index (χ1v) is 9.38. The molecule has 6 N–H and O–H groups in total. The highest BCUT2D eigenvalue weighted by Crippen LogP contribution is 2.18. The molecule has 4 aromatic rings. The lowest BCUT2D eigenvalue weighted by atomic mass is 10.1. The van der Waals surface area contributed by atoms with Crippen LogP contribution in [0.2, 0.25) is 0 Å². The first-order valence-electron chi connectivity index (χ1n) is 9.38. The first kappa shape index (κ1) is 18.5. The number of hydrogen-bond acceptors (Lipinski definition) is 6. The van der Waals surface area contributed by atoms with Crippen molar-refractivity contribution >= 4 is 34.6 Å². The minimum absolute atomic E-state index is 0.542. The summed E-state index contributed by atoms with van der Waals surface area (Å²) >= 11 is 0. The standard InChI is InChI=1S/C22H23N7/c1-14-8-17-9-16(3-5-20(17)28-14)12-26-21-6-7-25-22(29-21)27-13-15-2-4-19(24)18(10-15)11-23/h2-11,23,28H,12-13,24H2,1H3,(H2,25,26,27,29). The minimum atomic E-state index is 0.542. The molecule has 0 fully saturated rings.